The summed E-state index contributed by atoms with van der Waals surface area (Å²) in [7, 11) is 0. The molecule has 0 saturated heterocycles. The maximum absolute atomic E-state index is 6.33. The van der Waals surface area contributed by atoms with Crippen molar-refractivity contribution in [3.05, 3.63) is 53.6 Å². The molecule has 0 aromatic heterocycles. The van der Waals surface area contributed by atoms with Crippen molar-refractivity contribution in [2.24, 2.45) is 10.9 Å². The van der Waals surface area contributed by atoms with Crippen molar-refractivity contribution in [3.8, 4) is 0 Å². The van der Waals surface area contributed by atoms with Crippen molar-refractivity contribution >= 4 is 23.5 Å². The smallest absolute Gasteiger partial charge is 0.0625 e. The van der Waals surface area contributed by atoms with Crippen molar-refractivity contribution < 1.29 is 0 Å². The van der Waals surface area contributed by atoms with Gasteiger partial charge in [0.1, 0.15) is 0 Å². The van der Waals surface area contributed by atoms with Crippen LogP contribution in [-0.4, -0.2) is 6.21 Å². The van der Waals surface area contributed by atoms with Gasteiger partial charge in [0.25, 0.3) is 0 Å². The fourth-order valence-corrected chi connectivity index (χ4v) is 2.36. The van der Waals surface area contributed by atoms with Crippen molar-refractivity contribution in [3.63, 3.8) is 0 Å². The molecule has 0 spiro atoms. The molecule has 0 fully saturated rings. The molecular formula is C15H16ClN. The normalized spacial score (nSPS) is 20.9. The van der Waals surface area contributed by atoms with Crippen molar-refractivity contribution in [1.82, 2.24) is 0 Å². The Labute approximate surface area is 108 Å². The molecule has 0 bridgehead atoms. The van der Waals surface area contributed by atoms with Gasteiger partial charge in [-0.2, -0.15) is 0 Å². The lowest BCUT2D eigenvalue weighted by molar-refractivity contribution is 0.639. The second kappa shape index (κ2) is 5.83. The van der Waals surface area contributed by atoms with Gasteiger partial charge < -0.3 is 0 Å². The predicted molar refractivity (Wildman–Crippen MR) is 75.0 cm³/mol. The highest BCUT2D eigenvalue weighted by Gasteiger charge is 2.18. The summed E-state index contributed by atoms with van der Waals surface area (Å²) in [5.74, 6) is 0.249. The molecule has 88 valence electrons. The summed E-state index contributed by atoms with van der Waals surface area (Å²) in [6.45, 7) is 3.80. The fraction of sp³-hybridized carbons (Fsp3) is 0.267. The monoisotopic (exact) mass is 245 g/mol. The van der Waals surface area contributed by atoms with Crippen molar-refractivity contribution in [1.29, 1.82) is 0 Å². The first-order valence-corrected chi connectivity index (χ1v) is 6.29. The molecule has 2 rings (SSSR count). The minimum absolute atomic E-state index is 0.249. The molecule has 1 unspecified atom stereocenters. The Bertz CT molecular complexity index is 445. The number of para-hydroxylation sites is 1. The molecule has 0 radical (unpaired) electrons. The maximum Gasteiger partial charge on any atom is 0.0625 e. The fourth-order valence-electron chi connectivity index (χ4n) is 2.03. The summed E-state index contributed by atoms with van der Waals surface area (Å²) >= 11 is 6.33. The molecule has 1 nitrogen and oxygen atoms in total. The van der Waals surface area contributed by atoms with Gasteiger partial charge in [0, 0.05) is 17.2 Å². The van der Waals surface area contributed by atoms with Gasteiger partial charge in [0.2, 0.25) is 0 Å². The molecule has 0 N–H and O–H groups in total. The average molecular weight is 246 g/mol. The van der Waals surface area contributed by atoms with Crippen LogP contribution < -0.4 is 0 Å². The van der Waals surface area contributed by atoms with Crippen LogP contribution in [0.1, 0.15) is 19.3 Å². The zero-order chi connectivity index (χ0) is 12.1. The Hall–Kier alpha value is -1.34. The molecular weight excluding hydrogens is 230 g/mol. The van der Waals surface area contributed by atoms with Gasteiger partial charge in [-0.15, -0.1) is 0 Å². The first-order valence-electron chi connectivity index (χ1n) is 5.91. The largest absolute Gasteiger partial charge is 0.261 e. The standard InChI is InChI=1S/C15H16ClN/c1-2-12-7-6-8-13(15(12)16)11-17-14-9-4-3-5-10-14/h2-5,9-11,13H,1,6-8H2/b17-11-. The minimum atomic E-state index is 0.249. The molecule has 1 atom stereocenters. The Morgan fingerprint density at radius 3 is 2.76 bits per heavy atom. The molecule has 0 heterocycles. The van der Waals surface area contributed by atoms with Crippen LogP contribution >= 0.6 is 11.6 Å². The molecule has 1 aliphatic carbocycles. The SMILES string of the molecule is C=CC1=C(Cl)C(/C=N\c2ccccc2)CCC1. The third-order valence-electron chi connectivity index (χ3n) is 3.00. The maximum atomic E-state index is 6.33. The van der Waals surface area contributed by atoms with Crippen LogP contribution in [0.4, 0.5) is 5.69 Å². The van der Waals surface area contributed by atoms with E-state index < -0.39 is 0 Å². The average Bonchev–Trinajstić information content (AvgIpc) is 2.39. The highest BCUT2D eigenvalue weighted by Crippen LogP contribution is 2.32. The van der Waals surface area contributed by atoms with E-state index in [1.165, 1.54) is 5.57 Å². The molecule has 1 aromatic carbocycles. The highest BCUT2D eigenvalue weighted by atomic mass is 35.5. The molecule has 17 heavy (non-hydrogen) atoms. The lowest BCUT2D eigenvalue weighted by Crippen LogP contribution is -2.09. The van der Waals surface area contributed by atoms with Crippen LogP contribution in [-0.2, 0) is 0 Å². The topological polar surface area (TPSA) is 12.4 Å². The first kappa shape index (κ1) is 12.1. The van der Waals surface area contributed by atoms with Crippen molar-refractivity contribution in [2.45, 2.75) is 19.3 Å². The van der Waals surface area contributed by atoms with E-state index >= 15 is 0 Å². The van der Waals surface area contributed by atoms with Crippen LogP contribution in [0, 0.1) is 5.92 Å². The van der Waals surface area contributed by atoms with E-state index in [2.05, 4.69) is 11.6 Å². The summed E-state index contributed by atoms with van der Waals surface area (Å²) in [4.78, 5) is 4.47. The third-order valence-corrected chi connectivity index (χ3v) is 3.52. The van der Waals surface area contributed by atoms with E-state index in [1.54, 1.807) is 0 Å². The summed E-state index contributed by atoms with van der Waals surface area (Å²) in [5, 5.41) is 0.908. The number of rotatable bonds is 3. The number of benzene rings is 1. The number of halogens is 1. The van der Waals surface area contributed by atoms with E-state index in [0.29, 0.717) is 0 Å². The lowest BCUT2D eigenvalue weighted by Gasteiger charge is -2.20. The number of aliphatic imine (C=N–C) groups is 1. The van der Waals surface area contributed by atoms with Gasteiger partial charge in [0.15, 0.2) is 0 Å². The van der Waals surface area contributed by atoms with Gasteiger partial charge in [-0.3, -0.25) is 4.99 Å². The Morgan fingerprint density at radius 1 is 1.29 bits per heavy atom. The Balaban J connectivity index is 2.14. The van der Waals surface area contributed by atoms with Gasteiger partial charge in [0.05, 0.1) is 5.69 Å². The van der Waals surface area contributed by atoms with E-state index in [9.17, 15) is 0 Å². The van der Waals surface area contributed by atoms with E-state index in [0.717, 1.165) is 30.0 Å². The molecule has 1 aromatic rings. The predicted octanol–water partition coefficient (Wildman–Crippen LogP) is 4.87. The summed E-state index contributed by atoms with van der Waals surface area (Å²) in [6.07, 6.45) is 7.10. The first-order chi connectivity index (χ1) is 8.31. The van der Waals surface area contributed by atoms with Gasteiger partial charge >= 0.3 is 0 Å². The zero-order valence-corrected chi connectivity index (χ0v) is 10.5. The molecule has 0 aliphatic heterocycles. The molecule has 0 amide bonds. The number of hydrogen-bond donors (Lipinski definition) is 0. The summed E-state index contributed by atoms with van der Waals surface area (Å²) in [6, 6.07) is 9.94. The van der Waals surface area contributed by atoms with Crippen LogP contribution in [0.15, 0.2) is 58.6 Å². The van der Waals surface area contributed by atoms with E-state index in [4.69, 9.17) is 11.6 Å². The van der Waals surface area contributed by atoms with E-state index in [1.807, 2.05) is 42.6 Å². The van der Waals surface area contributed by atoms with Crippen LogP contribution in [0.5, 0.6) is 0 Å². The Kier molecular flexibility index (Phi) is 4.16. The van der Waals surface area contributed by atoms with Crippen molar-refractivity contribution in [2.75, 3.05) is 0 Å². The quantitative estimate of drug-likeness (QED) is 0.674. The van der Waals surface area contributed by atoms with E-state index in [-0.39, 0.29) is 5.92 Å². The van der Waals surface area contributed by atoms with Gasteiger partial charge in [-0.25, -0.2) is 0 Å². The molecule has 2 heteroatoms. The van der Waals surface area contributed by atoms with Crippen LogP contribution in [0.2, 0.25) is 0 Å². The lowest BCUT2D eigenvalue weighted by atomic mass is 9.91. The van der Waals surface area contributed by atoms with Gasteiger partial charge in [-0.05, 0) is 37.0 Å². The third kappa shape index (κ3) is 3.07. The zero-order valence-electron chi connectivity index (χ0n) is 9.77. The van der Waals surface area contributed by atoms with Crippen LogP contribution in [0.25, 0.3) is 0 Å². The molecule has 1 aliphatic rings. The second-order valence-corrected chi connectivity index (χ2v) is 4.60. The van der Waals surface area contributed by atoms with Crippen LogP contribution in [0.3, 0.4) is 0 Å². The second-order valence-electron chi connectivity index (χ2n) is 4.19. The number of nitrogens with zero attached hydrogens (tertiary/aromatic N) is 1. The van der Waals surface area contributed by atoms with Gasteiger partial charge in [-0.1, -0.05) is 42.5 Å². The highest BCUT2D eigenvalue weighted by molar-refractivity contribution is 6.31. The summed E-state index contributed by atoms with van der Waals surface area (Å²) in [5.41, 5.74) is 2.14. The number of allylic oxidation sites excluding steroid dienone is 3. The molecule has 0 saturated carbocycles. The summed E-state index contributed by atoms with van der Waals surface area (Å²) < 4.78 is 0. The number of hydrogen-bond acceptors (Lipinski definition) is 1. The minimum Gasteiger partial charge on any atom is -0.261 e. The Morgan fingerprint density at radius 2 is 2.06 bits per heavy atom.